The van der Waals surface area contributed by atoms with E-state index in [4.69, 9.17) is 4.74 Å². The molecule has 1 amide bonds. The molecular formula is C19H30BrN3O4S. The molecule has 1 aromatic carbocycles. The summed E-state index contributed by atoms with van der Waals surface area (Å²) >= 11 is 3.35. The molecule has 2 rings (SSSR count). The van der Waals surface area contributed by atoms with Gasteiger partial charge in [0.1, 0.15) is 10.6 Å². The SMILES string of the molecule is CCOc1ccc(Br)cc1S(=O)(=O)N1CCCN(CC(=O)NC(C)(C)C)CC1. The predicted molar refractivity (Wildman–Crippen MR) is 113 cm³/mol. The van der Waals surface area contributed by atoms with E-state index in [2.05, 4.69) is 21.2 Å². The van der Waals surface area contributed by atoms with Gasteiger partial charge in [-0.2, -0.15) is 4.31 Å². The lowest BCUT2D eigenvalue weighted by molar-refractivity contribution is -0.123. The molecule has 1 fully saturated rings. The molecule has 0 aliphatic carbocycles. The molecule has 0 atom stereocenters. The van der Waals surface area contributed by atoms with E-state index in [1.807, 2.05) is 32.6 Å². The first-order valence-corrected chi connectivity index (χ1v) is 11.7. The van der Waals surface area contributed by atoms with Gasteiger partial charge < -0.3 is 10.1 Å². The maximum Gasteiger partial charge on any atom is 0.246 e. The molecule has 0 aromatic heterocycles. The maximum absolute atomic E-state index is 13.2. The molecule has 1 saturated heterocycles. The van der Waals surface area contributed by atoms with Crippen LogP contribution in [0.4, 0.5) is 0 Å². The second-order valence-electron chi connectivity index (χ2n) is 7.86. The Morgan fingerprint density at radius 1 is 1.21 bits per heavy atom. The number of carbonyl (C=O) groups excluding carboxylic acids is 1. The third kappa shape index (κ3) is 6.43. The number of amides is 1. The number of nitrogens with one attached hydrogen (secondary N) is 1. The minimum Gasteiger partial charge on any atom is -0.492 e. The summed E-state index contributed by atoms with van der Waals surface area (Å²) in [6, 6.07) is 5.02. The molecule has 1 heterocycles. The van der Waals surface area contributed by atoms with Crippen LogP contribution in [0.25, 0.3) is 0 Å². The van der Waals surface area contributed by atoms with Crippen LogP contribution in [0.15, 0.2) is 27.6 Å². The molecule has 1 N–H and O–H groups in total. The van der Waals surface area contributed by atoms with Crippen molar-refractivity contribution in [2.24, 2.45) is 0 Å². The Kier molecular flexibility index (Phi) is 7.89. The molecule has 0 saturated carbocycles. The monoisotopic (exact) mass is 475 g/mol. The predicted octanol–water partition coefficient (Wildman–Crippen LogP) is 2.46. The van der Waals surface area contributed by atoms with Crippen LogP contribution in [0.5, 0.6) is 5.75 Å². The topological polar surface area (TPSA) is 79.0 Å². The average Bonchev–Trinajstić information content (AvgIpc) is 2.81. The number of carbonyl (C=O) groups is 1. The highest BCUT2D eigenvalue weighted by molar-refractivity contribution is 9.10. The number of benzene rings is 1. The molecule has 158 valence electrons. The Hall–Kier alpha value is -1.16. The van der Waals surface area contributed by atoms with Crippen molar-refractivity contribution in [3.05, 3.63) is 22.7 Å². The molecule has 1 aliphatic rings. The van der Waals surface area contributed by atoms with Crippen molar-refractivity contribution in [2.75, 3.05) is 39.3 Å². The number of rotatable bonds is 6. The first-order valence-electron chi connectivity index (χ1n) is 9.49. The lowest BCUT2D eigenvalue weighted by atomic mass is 10.1. The minimum absolute atomic E-state index is 0.0468. The van der Waals surface area contributed by atoms with Crippen molar-refractivity contribution in [2.45, 2.75) is 44.6 Å². The van der Waals surface area contributed by atoms with Crippen LogP contribution >= 0.6 is 15.9 Å². The van der Waals surface area contributed by atoms with E-state index in [0.29, 0.717) is 49.4 Å². The molecule has 0 radical (unpaired) electrons. The van der Waals surface area contributed by atoms with Gasteiger partial charge in [0.2, 0.25) is 15.9 Å². The molecule has 1 aliphatic heterocycles. The fourth-order valence-corrected chi connectivity index (χ4v) is 5.24. The summed E-state index contributed by atoms with van der Waals surface area (Å²) in [7, 11) is -3.69. The van der Waals surface area contributed by atoms with Crippen LogP contribution < -0.4 is 10.1 Å². The largest absolute Gasteiger partial charge is 0.492 e. The summed E-state index contributed by atoms with van der Waals surface area (Å²) in [4.78, 5) is 14.4. The minimum atomic E-state index is -3.69. The summed E-state index contributed by atoms with van der Waals surface area (Å²) in [5.74, 6) is 0.311. The fraction of sp³-hybridized carbons (Fsp3) is 0.632. The van der Waals surface area contributed by atoms with Gasteiger partial charge in [0.25, 0.3) is 0 Å². The number of sulfonamides is 1. The first kappa shape index (κ1) is 23.1. The van der Waals surface area contributed by atoms with Gasteiger partial charge in [0, 0.05) is 29.6 Å². The van der Waals surface area contributed by atoms with Gasteiger partial charge in [-0.25, -0.2) is 8.42 Å². The fourth-order valence-electron chi connectivity index (χ4n) is 3.10. The highest BCUT2D eigenvalue weighted by Gasteiger charge is 2.30. The number of ether oxygens (including phenoxy) is 1. The second-order valence-corrected chi connectivity index (χ2v) is 10.7. The van der Waals surface area contributed by atoms with Crippen molar-refractivity contribution in [1.82, 2.24) is 14.5 Å². The molecule has 0 bridgehead atoms. The van der Waals surface area contributed by atoms with Gasteiger partial charge in [-0.3, -0.25) is 9.69 Å². The van der Waals surface area contributed by atoms with Crippen molar-refractivity contribution >= 4 is 31.9 Å². The van der Waals surface area contributed by atoms with E-state index >= 15 is 0 Å². The lowest BCUT2D eigenvalue weighted by Crippen LogP contribution is -2.46. The van der Waals surface area contributed by atoms with Crippen LogP contribution in [0.1, 0.15) is 34.1 Å². The van der Waals surface area contributed by atoms with E-state index in [1.165, 1.54) is 4.31 Å². The standard InChI is InChI=1S/C19H30BrN3O4S/c1-5-27-16-8-7-15(20)13-17(16)28(25,26)23-10-6-9-22(11-12-23)14-18(24)21-19(2,3)4/h7-8,13H,5-6,9-12,14H2,1-4H3,(H,21,24). The molecule has 0 spiro atoms. The smallest absolute Gasteiger partial charge is 0.246 e. The van der Waals surface area contributed by atoms with E-state index < -0.39 is 10.0 Å². The molecule has 0 unspecified atom stereocenters. The zero-order valence-corrected chi connectivity index (χ0v) is 19.4. The van der Waals surface area contributed by atoms with E-state index in [-0.39, 0.29) is 22.9 Å². The highest BCUT2D eigenvalue weighted by atomic mass is 79.9. The first-order chi connectivity index (χ1) is 13.0. The van der Waals surface area contributed by atoms with Gasteiger partial charge in [-0.05, 0) is 58.9 Å². The van der Waals surface area contributed by atoms with Crippen LogP contribution in [0.3, 0.4) is 0 Å². The Labute approximate surface area is 176 Å². The van der Waals surface area contributed by atoms with E-state index in [0.717, 1.165) is 0 Å². The number of hydrogen-bond donors (Lipinski definition) is 1. The van der Waals surface area contributed by atoms with Crippen LogP contribution in [-0.2, 0) is 14.8 Å². The number of nitrogens with zero attached hydrogens (tertiary/aromatic N) is 2. The van der Waals surface area contributed by atoms with E-state index in [1.54, 1.807) is 18.2 Å². The third-order valence-electron chi connectivity index (χ3n) is 4.25. The Bertz CT molecular complexity index is 793. The van der Waals surface area contributed by atoms with Gasteiger partial charge >= 0.3 is 0 Å². The van der Waals surface area contributed by atoms with Gasteiger partial charge in [-0.1, -0.05) is 15.9 Å². The van der Waals surface area contributed by atoms with Crippen molar-refractivity contribution in [3.8, 4) is 5.75 Å². The van der Waals surface area contributed by atoms with Gasteiger partial charge in [0.05, 0.1) is 13.2 Å². The highest BCUT2D eigenvalue weighted by Crippen LogP contribution is 2.30. The Balaban J connectivity index is 2.11. The molecule has 7 nitrogen and oxygen atoms in total. The summed E-state index contributed by atoms with van der Waals surface area (Å²) in [6.07, 6.45) is 0.667. The van der Waals surface area contributed by atoms with Crippen molar-refractivity contribution in [3.63, 3.8) is 0 Å². The van der Waals surface area contributed by atoms with E-state index in [9.17, 15) is 13.2 Å². The quantitative estimate of drug-likeness (QED) is 0.683. The number of halogens is 1. The van der Waals surface area contributed by atoms with Crippen LogP contribution in [0.2, 0.25) is 0 Å². The zero-order chi connectivity index (χ0) is 20.9. The lowest BCUT2D eigenvalue weighted by Gasteiger charge is -2.25. The normalized spacial score (nSPS) is 17.2. The third-order valence-corrected chi connectivity index (χ3v) is 6.67. The Morgan fingerprint density at radius 3 is 2.57 bits per heavy atom. The summed E-state index contributed by atoms with van der Waals surface area (Å²) in [5, 5.41) is 2.95. The number of hydrogen-bond acceptors (Lipinski definition) is 5. The van der Waals surface area contributed by atoms with Gasteiger partial charge in [-0.15, -0.1) is 0 Å². The average molecular weight is 476 g/mol. The van der Waals surface area contributed by atoms with Crippen LogP contribution in [0, 0.1) is 0 Å². The van der Waals surface area contributed by atoms with Gasteiger partial charge in [0.15, 0.2) is 0 Å². The molecular weight excluding hydrogens is 446 g/mol. The second kappa shape index (κ2) is 9.56. The molecule has 28 heavy (non-hydrogen) atoms. The zero-order valence-electron chi connectivity index (χ0n) is 17.0. The maximum atomic E-state index is 13.2. The molecule has 1 aromatic rings. The summed E-state index contributed by atoms with van der Waals surface area (Å²) in [6.45, 7) is 10.2. The van der Waals surface area contributed by atoms with Crippen molar-refractivity contribution in [1.29, 1.82) is 0 Å². The Morgan fingerprint density at radius 2 is 1.93 bits per heavy atom. The van der Waals surface area contributed by atoms with Crippen LogP contribution in [-0.4, -0.2) is 68.4 Å². The van der Waals surface area contributed by atoms with Crippen molar-refractivity contribution < 1.29 is 17.9 Å². The summed E-state index contributed by atoms with van der Waals surface area (Å²) in [5.41, 5.74) is -0.283. The molecule has 9 heteroatoms. The summed E-state index contributed by atoms with van der Waals surface area (Å²) < 4.78 is 34.2.